The summed E-state index contributed by atoms with van der Waals surface area (Å²) in [6.45, 7) is 1.30. The lowest BCUT2D eigenvalue weighted by atomic mass is 9.84. The molecular weight excluding hydrogens is 479 g/mol. The molecule has 1 aromatic carbocycles. The highest BCUT2D eigenvalue weighted by atomic mass is 32.2. The van der Waals surface area contributed by atoms with Gasteiger partial charge in [-0.1, -0.05) is 38.2 Å². The molecule has 1 atom stereocenters. The predicted octanol–water partition coefficient (Wildman–Crippen LogP) is 3.40. The van der Waals surface area contributed by atoms with Crippen LogP contribution in [0.1, 0.15) is 44.1 Å². The monoisotopic (exact) mass is 508 g/mol. The van der Waals surface area contributed by atoms with E-state index in [1.807, 2.05) is 0 Å². The van der Waals surface area contributed by atoms with E-state index in [-0.39, 0.29) is 19.0 Å². The van der Waals surface area contributed by atoms with E-state index in [4.69, 9.17) is 0 Å². The molecule has 0 unspecified atom stereocenters. The first-order chi connectivity index (χ1) is 16.3. The summed E-state index contributed by atoms with van der Waals surface area (Å²) >= 11 is 1.30. The van der Waals surface area contributed by atoms with Gasteiger partial charge in [0.25, 0.3) is 0 Å². The Balaban J connectivity index is 1.51. The Kier molecular flexibility index (Phi) is 7.63. The zero-order valence-corrected chi connectivity index (χ0v) is 20.7. The van der Waals surface area contributed by atoms with Gasteiger partial charge in [0.05, 0.1) is 6.54 Å². The number of carbonyl (C=O) groups excluding carboxylic acids is 2. The maximum Gasteiger partial charge on any atom is 0.248 e. The van der Waals surface area contributed by atoms with E-state index < -0.39 is 39.2 Å². The Morgan fingerprint density at radius 2 is 2.03 bits per heavy atom. The third-order valence-corrected chi connectivity index (χ3v) is 9.12. The number of thiazole rings is 1. The smallest absolute Gasteiger partial charge is 0.248 e. The van der Waals surface area contributed by atoms with E-state index in [0.717, 1.165) is 36.1 Å². The highest BCUT2D eigenvalue weighted by Gasteiger charge is 2.39. The molecule has 1 aliphatic carbocycles. The lowest BCUT2D eigenvalue weighted by Gasteiger charge is -2.39. The van der Waals surface area contributed by atoms with E-state index in [1.54, 1.807) is 18.5 Å². The van der Waals surface area contributed by atoms with Crippen LogP contribution in [0.15, 0.2) is 34.7 Å². The number of halogens is 1. The number of nitrogens with zero attached hydrogens (tertiary/aromatic N) is 3. The molecule has 4 rings (SSSR count). The number of aromatic nitrogens is 1. The highest BCUT2D eigenvalue weighted by Crippen LogP contribution is 2.30. The number of piperazine rings is 1. The molecular formula is C23H29FN4O4S2. The second kappa shape index (κ2) is 10.5. The van der Waals surface area contributed by atoms with Gasteiger partial charge in [-0.3, -0.25) is 9.59 Å². The van der Waals surface area contributed by atoms with E-state index >= 15 is 0 Å². The second-order valence-corrected chi connectivity index (χ2v) is 11.7. The average molecular weight is 509 g/mol. The Labute approximate surface area is 203 Å². The minimum Gasteiger partial charge on any atom is -0.328 e. The first-order valence-electron chi connectivity index (χ1n) is 11.5. The van der Waals surface area contributed by atoms with Crippen LogP contribution in [0, 0.1) is 18.7 Å². The predicted molar refractivity (Wildman–Crippen MR) is 127 cm³/mol. The van der Waals surface area contributed by atoms with Crippen molar-refractivity contribution in [1.29, 1.82) is 0 Å². The van der Waals surface area contributed by atoms with E-state index in [9.17, 15) is 22.4 Å². The molecule has 1 aromatic heterocycles. The van der Waals surface area contributed by atoms with Gasteiger partial charge in [-0.15, -0.1) is 11.3 Å². The van der Waals surface area contributed by atoms with Gasteiger partial charge >= 0.3 is 0 Å². The maximum absolute atomic E-state index is 14.4. The normalized spacial score (nSPS) is 19.2. The lowest BCUT2D eigenvalue weighted by molar-refractivity contribution is -0.142. The molecule has 1 saturated heterocycles. The number of carbonyl (C=O) groups is 2. The summed E-state index contributed by atoms with van der Waals surface area (Å²) in [7, 11) is -4.18. The average Bonchev–Trinajstić information content (AvgIpc) is 3.31. The summed E-state index contributed by atoms with van der Waals surface area (Å²) in [6.07, 6.45) is 7.53. The molecule has 2 fully saturated rings. The fraction of sp³-hybridized carbons (Fsp3) is 0.522. The number of nitrogens with one attached hydrogen (secondary N) is 1. The van der Waals surface area contributed by atoms with Gasteiger partial charge in [-0.05, 0) is 37.0 Å². The Bertz CT molecular complexity index is 1130. The second-order valence-electron chi connectivity index (χ2n) is 8.94. The first-order valence-corrected chi connectivity index (χ1v) is 13.8. The van der Waals surface area contributed by atoms with Crippen molar-refractivity contribution in [2.45, 2.75) is 56.4 Å². The minimum absolute atomic E-state index is 0.00686. The summed E-state index contributed by atoms with van der Waals surface area (Å²) in [5.41, 5.74) is 0.606. The highest BCUT2D eigenvalue weighted by molar-refractivity contribution is 7.89. The van der Waals surface area contributed by atoms with Gasteiger partial charge in [0.15, 0.2) is 5.13 Å². The van der Waals surface area contributed by atoms with Crippen molar-refractivity contribution < 1.29 is 22.4 Å². The number of amides is 2. The van der Waals surface area contributed by atoms with Crippen molar-refractivity contribution in [3.8, 4) is 0 Å². The molecule has 1 N–H and O–H groups in total. The first kappa shape index (κ1) is 24.7. The molecule has 2 heterocycles. The van der Waals surface area contributed by atoms with Crippen LogP contribution in [0.4, 0.5) is 9.52 Å². The number of hydrogen-bond donors (Lipinski definition) is 1. The summed E-state index contributed by atoms with van der Waals surface area (Å²) in [5, 5.41) is 5.02. The number of hydrogen-bond acceptors (Lipinski definition) is 6. The van der Waals surface area contributed by atoms with E-state index in [0.29, 0.717) is 23.0 Å². The third-order valence-electron chi connectivity index (χ3n) is 6.55. The standard InChI is InChI=1S/C23H29FN4O4S2/c1-16-7-8-20(18(24)13-16)34(31,32)27-10-11-28(21(29)15-27)19(14-17-5-3-2-4-6-17)22(30)26-23-25-9-12-33-23/h7-9,12-13,17,19H,2-6,10-11,14-15H2,1H3,(H,25,26,30)/t19-/m0/s1. The number of aryl methyl sites for hydroxylation is 1. The molecule has 1 saturated carbocycles. The zero-order chi connectivity index (χ0) is 24.3. The van der Waals surface area contributed by atoms with Crippen molar-refractivity contribution >= 4 is 38.3 Å². The van der Waals surface area contributed by atoms with Crippen molar-refractivity contribution in [1.82, 2.24) is 14.2 Å². The Hall–Kier alpha value is -2.37. The van der Waals surface area contributed by atoms with Crippen molar-refractivity contribution in [3.05, 3.63) is 41.2 Å². The molecule has 1 aliphatic heterocycles. The van der Waals surface area contributed by atoms with Crippen LogP contribution < -0.4 is 5.32 Å². The maximum atomic E-state index is 14.4. The van der Waals surface area contributed by atoms with Crippen LogP contribution in [-0.2, 0) is 19.6 Å². The molecule has 11 heteroatoms. The Morgan fingerprint density at radius 3 is 2.68 bits per heavy atom. The molecule has 8 nitrogen and oxygen atoms in total. The molecule has 2 amide bonds. The quantitative estimate of drug-likeness (QED) is 0.618. The van der Waals surface area contributed by atoms with Crippen molar-refractivity contribution in [2.75, 3.05) is 25.0 Å². The van der Waals surface area contributed by atoms with Gasteiger partial charge < -0.3 is 10.2 Å². The molecule has 34 heavy (non-hydrogen) atoms. The van der Waals surface area contributed by atoms with Gasteiger partial charge in [0.1, 0.15) is 16.8 Å². The van der Waals surface area contributed by atoms with Crippen LogP contribution >= 0.6 is 11.3 Å². The topological polar surface area (TPSA) is 99.7 Å². The van der Waals surface area contributed by atoms with Crippen LogP contribution in [0.2, 0.25) is 0 Å². The number of rotatable bonds is 7. The molecule has 0 bridgehead atoms. The van der Waals surface area contributed by atoms with Gasteiger partial charge in [-0.25, -0.2) is 17.8 Å². The molecule has 0 radical (unpaired) electrons. The van der Waals surface area contributed by atoms with Crippen molar-refractivity contribution in [3.63, 3.8) is 0 Å². The zero-order valence-electron chi connectivity index (χ0n) is 19.1. The summed E-state index contributed by atoms with van der Waals surface area (Å²) < 4.78 is 41.5. The lowest BCUT2D eigenvalue weighted by Crippen LogP contribution is -2.58. The SMILES string of the molecule is Cc1ccc(S(=O)(=O)N2CCN([C@@H](CC3CCCCC3)C(=O)Nc3nccs3)C(=O)C2)c(F)c1. The third kappa shape index (κ3) is 5.47. The molecule has 2 aromatic rings. The number of sulfonamides is 1. The summed E-state index contributed by atoms with van der Waals surface area (Å²) in [6, 6.07) is 3.20. The molecule has 184 valence electrons. The largest absolute Gasteiger partial charge is 0.328 e. The number of benzene rings is 1. The number of anilines is 1. The molecule has 2 aliphatic rings. The van der Waals surface area contributed by atoms with Gasteiger partial charge in [0.2, 0.25) is 21.8 Å². The van der Waals surface area contributed by atoms with Crippen LogP contribution in [0.5, 0.6) is 0 Å². The van der Waals surface area contributed by atoms with Crippen LogP contribution in [0.3, 0.4) is 0 Å². The summed E-state index contributed by atoms with van der Waals surface area (Å²) in [5.74, 6) is -1.28. The van der Waals surface area contributed by atoms with Gasteiger partial charge in [-0.2, -0.15) is 4.31 Å². The fourth-order valence-corrected chi connectivity index (χ4v) is 6.70. The van der Waals surface area contributed by atoms with E-state index in [2.05, 4.69) is 10.3 Å². The van der Waals surface area contributed by atoms with E-state index in [1.165, 1.54) is 34.8 Å². The fourth-order valence-electron chi connectivity index (χ4n) is 4.74. The van der Waals surface area contributed by atoms with Crippen molar-refractivity contribution in [2.24, 2.45) is 5.92 Å². The summed E-state index contributed by atoms with van der Waals surface area (Å²) in [4.78, 5) is 31.5. The van der Waals surface area contributed by atoms with Crippen LogP contribution in [0.25, 0.3) is 0 Å². The molecule has 0 spiro atoms. The van der Waals surface area contributed by atoms with Gasteiger partial charge in [0, 0.05) is 24.7 Å². The minimum atomic E-state index is -4.18. The Morgan fingerprint density at radius 1 is 1.26 bits per heavy atom. The van der Waals surface area contributed by atoms with Crippen LogP contribution in [-0.4, -0.2) is 60.1 Å².